The standard InChI is InChI=1S/C18H21FO5/c19-13-4-6-15(7-5-13)24-16-3-1-2-12(8-16)9-17(22)18(23)10-14(21)11-20/h1-8,14,17-18,20-23H,9-11H2. The second kappa shape index (κ2) is 8.75. The smallest absolute Gasteiger partial charge is 0.127 e. The van der Waals surface area contributed by atoms with Crippen molar-refractivity contribution in [3.8, 4) is 11.5 Å². The van der Waals surface area contributed by atoms with Crippen LogP contribution in [0.4, 0.5) is 4.39 Å². The highest BCUT2D eigenvalue weighted by Gasteiger charge is 2.20. The van der Waals surface area contributed by atoms with E-state index in [-0.39, 0.29) is 18.7 Å². The van der Waals surface area contributed by atoms with Gasteiger partial charge in [0.05, 0.1) is 24.9 Å². The minimum atomic E-state index is -1.14. The molecule has 3 unspecified atom stereocenters. The van der Waals surface area contributed by atoms with Gasteiger partial charge in [-0.3, -0.25) is 0 Å². The average Bonchev–Trinajstić information content (AvgIpc) is 2.57. The fourth-order valence-corrected chi connectivity index (χ4v) is 2.26. The number of benzene rings is 2. The molecule has 0 radical (unpaired) electrons. The lowest BCUT2D eigenvalue weighted by Gasteiger charge is -2.20. The highest BCUT2D eigenvalue weighted by atomic mass is 19.1. The molecule has 0 aromatic heterocycles. The summed E-state index contributed by atoms with van der Waals surface area (Å²) in [5.41, 5.74) is 0.736. The Labute approximate surface area is 139 Å². The van der Waals surface area contributed by atoms with Crippen LogP contribution in [0.1, 0.15) is 12.0 Å². The molecule has 0 fully saturated rings. The molecule has 5 nitrogen and oxygen atoms in total. The minimum Gasteiger partial charge on any atom is -0.457 e. The summed E-state index contributed by atoms with van der Waals surface area (Å²) in [5.74, 6) is 0.662. The SMILES string of the molecule is OCC(O)CC(O)C(O)Cc1cccc(Oc2ccc(F)cc2)c1. The first-order chi connectivity index (χ1) is 11.5. The van der Waals surface area contributed by atoms with Gasteiger partial charge in [-0.1, -0.05) is 12.1 Å². The van der Waals surface area contributed by atoms with Crippen LogP contribution in [-0.2, 0) is 6.42 Å². The Balaban J connectivity index is 1.98. The van der Waals surface area contributed by atoms with Crippen molar-refractivity contribution < 1.29 is 29.6 Å². The van der Waals surface area contributed by atoms with Crippen molar-refractivity contribution in [1.82, 2.24) is 0 Å². The van der Waals surface area contributed by atoms with Gasteiger partial charge in [-0.05, 0) is 42.0 Å². The van der Waals surface area contributed by atoms with Crippen LogP contribution in [0.15, 0.2) is 48.5 Å². The zero-order valence-electron chi connectivity index (χ0n) is 13.0. The molecule has 0 amide bonds. The van der Waals surface area contributed by atoms with Crippen molar-refractivity contribution in [3.63, 3.8) is 0 Å². The summed E-state index contributed by atoms with van der Waals surface area (Å²) in [6.45, 7) is -0.467. The van der Waals surface area contributed by atoms with E-state index in [2.05, 4.69) is 0 Å². The molecule has 0 saturated carbocycles. The number of aliphatic hydroxyl groups is 4. The third-order valence-electron chi connectivity index (χ3n) is 3.56. The zero-order chi connectivity index (χ0) is 17.5. The van der Waals surface area contributed by atoms with Gasteiger partial charge in [0.15, 0.2) is 0 Å². The van der Waals surface area contributed by atoms with E-state index in [9.17, 15) is 19.7 Å². The molecule has 0 aliphatic rings. The van der Waals surface area contributed by atoms with E-state index < -0.39 is 24.9 Å². The molecule has 0 aliphatic carbocycles. The molecule has 2 rings (SSSR count). The second-order valence-electron chi connectivity index (χ2n) is 5.61. The van der Waals surface area contributed by atoms with Crippen LogP contribution in [0, 0.1) is 5.82 Å². The van der Waals surface area contributed by atoms with Gasteiger partial charge in [0.1, 0.15) is 17.3 Å². The lowest BCUT2D eigenvalue weighted by atomic mass is 10.00. The summed E-state index contributed by atoms with van der Waals surface area (Å²) < 4.78 is 18.5. The van der Waals surface area contributed by atoms with Crippen LogP contribution in [0.2, 0.25) is 0 Å². The Morgan fingerprint density at radius 3 is 2.29 bits per heavy atom. The maximum absolute atomic E-state index is 12.9. The highest BCUT2D eigenvalue weighted by Crippen LogP contribution is 2.23. The normalized spacial score (nSPS) is 14.9. The first kappa shape index (κ1) is 18.4. The number of ether oxygens (including phenoxy) is 1. The van der Waals surface area contributed by atoms with Crippen LogP contribution in [-0.4, -0.2) is 45.3 Å². The van der Waals surface area contributed by atoms with Crippen LogP contribution in [0.25, 0.3) is 0 Å². The van der Waals surface area contributed by atoms with Crippen LogP contribution < -0.4 is 4.74 Å². The average molecular weight is 336 g/mol. The maximum atomic E-state index is 12.9. The monoisotopic (exact) mass is 336 g/mol. The summed E-state index contributed by atoms with van der Waals surface area (Å²) in [6, 6.07) is 12.6. The lowest BCUT2D eigenvalue weighted by Crippen LogP contribution is -2.32. The molecule has 130 valence electrons. The highest BCUT2D eigenvalue weighted by molar-refractivity contribution is 5.34. The summed E-state index contributed by atoms with van der Waals surface area (Å²) in [4.78, 5) is 0. The topological polar surface area (TPSA) is 90.2 Å². The van der Waals surface area contributed by atoms with Gasteiger partial charge in [-0.2, -0.15) is 0 Å². The predicted octanol–water partition coefficient (Wildman–Crippen LogP) is 1.63. The Morgan fingerprint density at radius 2 is 1.62 bits per heavy atom. The fraction of sp³-hybridized carbons (Fsp3) is 0.333. The van der Waals surface area contributed by atoms with Gasteiger partial charge in [-0.25, -0.2) is 4.39 Å². The Bertz CT molecular complexity index is 632. The molecule has 6 heteroatoms. The maximum Gasteiger partial charge on any atom is 0.127 e. The fourth-order valence-electron chi connectivity index (χ4n) is 2.26. The molecule has 0 bridgehead atoms. The van der Waals surface area contributed by atoms with E-state index in [1.807, 2.05) is 0 Å². The van der Waals surface area contributed by atoms with Crippen molar-refractivity contribution in [1.29, 1.82) is 0 Å². The van der Waals surface area contributed by atoms with Crippen molar-refractivity contribution in [2.24, 2.45) is 0 Å². The molecule has 24 heavy (non-hydrogen) atoms. The van der Waals surface area contributed by atoms with Crippen molar-refractivity contribution in [3.05, 3.63) is 59.9 Å². The molecule has 2 aromatic rings. The number of aliphatic hydroxyl groups excluding tert-OH is 4. The van der Waals surface area contributed by atoms with Gasteiger partial charge in [-0.15, -0.1) is 0 Å². The molecule has 3 atom stereocenters. The van der Waals surface area contributed by atoms with Crippen molar-refractivity contribution in [2.75, 3.05) is 6.61 Å². The Hall–Kier alpha value is -1.99. The summed E-state index contributed by atoms with van der Waals surface area (Å²) in [6.07, 6.45) is -3.23. The van der Waals surface area contributed by atoms with Crippen molar-refractivity contribution >= 4 is 0 Å². The van der Waals surface area contributed by atoms with Crippen LogP contribution in [0.3, 0.4) is 0 Å². The van der Waals surface area contributed by atoms with E-state index in [1.54, 1.807) is 24.3 Å². The zero-order valence-corrected chi connectivity index (χ0v) is 13.0. The summed E-state index contributed by atoms with van der Waals surface area (Å²) in [7, 11) is 0. The third-order valence-corrected chi connectivity index (χ3v) is 3.56. The molecular formula is C18H21FO5. The number of hydrogen-bond acceptors (Lipinski definition) is 5. The molecule has 0 saturated heterocycles. The predicted molar refractivity (Wildman–Crippen MR) is 86.3 cm³/mol. The van der Waals surface area contributed by atoms with Gasteiger partial charge in [0, 0.05) is 12.8 Å². The molecule has 0 spiro atoms. The quantitative estimate of drug-likeness (QED) is 0.588. The first-order valence-corrected chi connectivity index (χ1v) is 7.65. The van der Waals surface area contributed by atoms with E-state index >= 15 is 0 Å². The Kier molecular flexibility index (Phi) is 6.69. The van der Waals surface area contributed by atoms with E-state index in [1.165, 1.54) is 24.3 Å². The van der Waals surface area contributed by atoms with Crippen LogP contribution >= 0.6 is 0 Å². The summed E-state index contributed by atoms with van der Waals surface area (Å²) >= 11 is 0. The molecule has 0 heterocycles. The first-order valence-electron chi connectivity index (χ1n) is 7.65. The number of hydrogen-bond donors (Lipinski definition) is 4. The van der Waals surface area contributed by atoms with Gasteiger partial charge in [0.2, 0.25) is 0 Å². The minimum absolute atomic E-state index is 0.108. The van der Waals surface area contributed by atoms with Gasteiger partial charge < -0.3 is 25.2 Å². The Morgan fingerprint density at radius 1 is 0.917 bits per heavy atom. The van der Waals surface area contributed by atoms with Gasteiger partial charge >= 0.3 is 0 Å². The lowest BCUT2D eigenvalue weighted by molar-refractivity contribution is -0.0228. The number of rotatable bonds is 8. The van der Waals surface area contributed by atoms with E-state index in [0.717, 1.165) is 5.56 Å². The van der Waals surface area contributed by atoms with Gasteiger partial charge in [0.25, 0.3) is 0 Å². The number of halogens is 1. The largest absolute Gasteiger partial charge is 0.457 e. The molecule has 4 N–H and O–H groups in total. The molecular weight excluding hydrogens is 315 g/mol. The van der Waals surface area contributed by atoms with E-state index in [4.69, 9.17) is 9.84 Å². The van der Waals surface area contributed by atoms with E-state index in [0.29, 0.717) is 11.5 Å². The third kappa shape index (κ3) is 5.58. The van der Waals surface area contributed by atoms with Crippen molar-refractivity contribution in [2.45, 2.75) is 31.2 Å². The summed E-state index contributed by atoms with van der Waals surface area (Å²) in [5, 5.41) is 37.9. The molecule has 0 aliphatic heterocycles. The molecule has 2 aromatic carbocycles. The second-order valence-corrected chi connectivity index (χ2v) is 5.61. The van der Waals surface area contributed by atoms with Crippen LogP contribution in [0.5, 0.6) is 11.5 Å².